The summed E-state index contributed by atoms with van der Waals surface area (Å²) in [4.78, 5) is 25.8. The predicted octanol–water partition coefficient (Wildman–Crippen LogP) is 2.79. The van der Waals surface area contributed by atoms with Crippen LogP contribution in [0.3, 0.4) is 0 Å². The van der Waals surface area contributed by atoms with Gasteiger partial charge in [0.15, 0.2) is 5.82 Å². The van der Waals surface area contributed by atoms with E-state index in [1.54, 1.807) is 19.1 Å². The number of nitrogens with zero attached hydrogens (tertiary/aromatic N) is 5. The smallest absolute Gasteiger partial charge is 0.272 e. The summed E-state index contributed by atoms with van der Waals surface area (Å²) in [6, 6.07) is 13.7. The van der Waals surface area contributed by atoms with E-state index in [0.717, 1.165) is 13.1 Å². The predicted molar refractivity (Wildman–Crippen MR) is 106 cm³/mol. The van der Waals surface area contributed by atoms with Crippen molar-refractivity contribution in [3.8, 4) is 0 Å². The molecule has 0 aliphatic carbocycles. The zero-order chi connectivity index (χ0) is 19.5. The molecule has 3 heterocycles. The molecule has 1 amide bonds. The molecule has 144 valence electrons. The van der Waals surface area contributed by atoms with Gasteiger partial charge in [0.1, 0.15) is 23.1 Å². The van der Waals surface area contributed by atoms with E-state index in [-0.39, 0.29) is 5.91 Å². The summed E-state index contributed by atoms with van der Waals surface area (Å²) in [6.45, 7) is 6.48. The first-order valence-corrected chi connectivity index (χ1v) is 9.24. The second-order valence-corrected chi connectivity index (χ2v) is 6.75. The van der Waals surface area contributed by atoms with Crippen LogP contribution in [-0.2, 0) is 0 Å². The molecule has 0 unspecified atom stereocenters. The number of rotatable bonds is 4. The number of carbonyl (C=O) groups excluding carboxylic acids is 1. The van der Waals surface area contributed by atoms with Gasteiger partial charge in [0.25, 0.3) is 5.91 Å². The van der Waals surface area contributed by atoms with Crippen LogP contribution in [0.5, 0.6) is 0 Å². The lowest BCUT2D eigenvalue weighted by atomic mass is 10.2. The van der Waals surface area contributed by atoms with Crippen LogP contribution >= 0.6 is 0 Å². The van der Waals surface area contributed by atoms with Crippen LogP contribution in [0.25, 0.3) is 0 Å². The van der Waals surface area contributed by atoms with Crippen LogP contribution in [0, 0.1) is 13.8 Å². The topological polar surface area (TPSA) is 87.4 Å². The lowest BCUT2D eigenvalue weighted by Crippen LogP contribution is -2.49. The first-order chi connectivity index (χ1) is 13.6. The van der Waals surface area contributed by atoms with Crippen molar-refractivity contribution in [1.29, 1.82) is 0 Å². The summed E-state index contributed by atoms with van der Waals surface area (Å²) >= 11 is 0. The zero-order valence-corrected chi connectivity index (χ0v) is 15.9. The number of para-hydroxylation sites is 1. The highest BCUT2D eigenvalue weighted by molar-refractivity contribution is 5.93. The quantitative estimate of drug-likeness (QED) is 0.747. The van der Waals surface area contributed by atoms with Gasteiger partial charge in [0.2, 0.25) is 0 Å². The van der Waals surface area contributed by atoms with E-state index >= 15 is 0 Å². The summed E-state index contributed by atoms with van der Waals surface area (Å²) in [5.74, 6) is 2.20. The summed E-state index contributed by atoms with van der Waals surface area (Å²) < 4.78 is 5.05. The average molecular weight is 378 g/mol. The van der Waals surface area contributed by atoms with Gasteiger partial charge in [-0.15, -0.1) is 0 Å². The second kappa shape index (κ2) is 7.67. The maximum Gasteiger partial charge on any atom is 0.272 e. The van der Waals surface area contributed by atoms with Crippen LogP contribution in [0.15, 0.2) is 47.0 Å². The van der Waals surface area contributed by atoms with Crippen LogP contribution < -0.4 is 10.2 Å². The van der Waals surface area contributed by atoms with Crippen molar-refractivity contribution in [3.05, 3.63) is 59.7 Å². The van der Waals surface area contributed by atoms with Gasteiger partial charge in [-0.2, -0.15) is 0 Å². The molecule has 2 aromatic heterocycles. The van der Waals surface area contributed by atoms with E-state index in [1.165, 1.54) is 5.69 Å². The third kappa shape index (κ3) is 3.95. The highest BCUT2D eigenvalue weighted by atomic mass is 16.5. The molecule has 1 fully saturated rings. The standard InChI is InChI=1S/C20H22N6O2/c1-14-12-19(24-28-14)23-18-13-17(21-15(2)22-18)20(27)26-10-8-25(9-11-26)16-6-4-3-5-7-16/h3-7,12-13H,8-11H2,1-2H3,(H,21,22,23,24). The Morgan fingerprint density at radius 3 is 2.43 bits per heavy atom. The first-order valence-electron chi connectivity index (χ1n) is 9.24. The number of hydrogen-bond donors (Lipinski definition) is 1. The molecule has 1 N–H and O–H groups in total. The number of carbonyl (C=O) groups is 1. The van der Waals surface area contributed by atoms with Crippen molar-refractivity contribution in [2.75, 3.05) is 36.4 Å². The summed E-state index contributed by atoms with van der Waals surface area (Å²) in [6.07, 6.45) is 0. The van der Waals surface area contributed by atoms with Crippen molar-refractivity contribution in [2.24, 2.45) is 0 Å². The number of piperazine rings is 1. The number of anilines is 3. The Kier molecular flexibility index (Phi) is 4.92. The minimum absolute atomic E-state index is 0.0856. The Morgan fingerprint density at radius 2 is 1.75 bits per heavy atom. The third-order valence-electron chi connectivity index (χ3n) is 4.63. The fraction of sp³-hybridized carbons (Fsp3) is 0.300. The molecule has 1 aliphatic heterocycles. The number of hydrogen-bond acceptors (Lipinski definition) is 7. The van der Waals surface area contributed by atoms with Gasteiger partial charge in [-0.25, -0.2) is 9.97 Å². The van der Waals surface area contributed by atoms with Gasteiger partial charge in [-0.3, -0.25) is 4.79 Å². The molecule has 0 spiro atoms. The highest BCUT2D eigenvalue weighted by Gasteiger charge is 2.24. The van der Waals surface area contributed by atoms with Crippen LogP contribution in [0.4, 0.5) is 17.3 Å². The first kappa shape index (κ1) is 18.0. The molecular formula is C20H22N6O2. The van der Waals surface area contributed by atoms with Crippen molar-refractivity contribution in [1.82, 2.24) is 20.0 Å². The van der Waals surface area contributed by atoms with Crippen molar-refractivity contribution in [3.63, 3.8) is 0 Å². The van der Waals surface area contributed by atoms with E-state index in [9.17, 15) is 4.79 Å². The molecule has 28 heavy (non-hydrogen) atoms. The van der Waals surface area contributed by atoms with E-state index in [0.29, 0.717) is 42.0 Å². The molecule has 0 bridgehead atoms. The maximum atomic E-state index is 13.0. The van der Waals surface area contributed by atoms with Crippen molar-refractivity contribution >= 4 is 23.2 Å². The minimum Gasteiger partial charge on any atom is -0.368 e. The number of aryl methyl sites for hydroxylation is 2. The Morgan fingerprint density at radius 1 is 1.00 bits per heavy atom. The molecule has 1 aliphatic rings. The van der Waals surface area contributed by atoms with Crippen molar-refractivity contribution in [2.45, 2.75) is 13.8 Å². The number of amides is 1. The second-order valence-electron chi connectivity index (χ2n) is 6.75. The zero-order valence-electron chi connectivity index (χ0n) is 15.9. The van der Waals surface area contributed by atoms with E-state index in [4.69, 9.17) is 4.52 Å². The molecule has 1 saturated heterocycles. The lowest BCUT2D eigenvalue weighted by Gasteiger charge is -2.36. The van der Waals surface area contributed by atoms with Crippen molar-refractivity contribution < 1.29 is 9.32 Å². The van der Waals surface area contributed by atoms with Gasteiger partial charge in [-0.1, -0.05) is 23.4 Å². The molecule has 0 saturated carbocycles. The van der Waals surface area contributed by atoms with Gasteiger partial charge in [0, 0.05) is 44.0 Å². The average Bonchev–Trinajstić information content (AvgIpc) is 3.12. The molecule has 3 aromatic rings. The van der Waals surface area contributed by atoms with Gasteiger partial charge in [0.05, 0.1) is 0 Å². The van der Waals surface area contributed by atoms with Crippen LogP contribution in [0.1, 0.15) is 22.1 Å². The van der Waals surface area contributed by atoms with Crippen LogP contribution in [0.2, 0.25) is 0 Å². The fourth-order valence-electron chi connectivity index (χ4n) is 3.27. The minimum atomic E-state index is -0.0856. The molecule has 0 radical (unpaired) electrons. The normalized spacial score (nSPS) is 14.2. The van der Waals surface area contributed by atoms with Crippen LogP contribution in [-0.4, -0.2) is 52.1 Å². The summed E-state index contributed by atoms with van der Waals surface area (Å²) in [5, 5.41) is 6.95. The third-order valence-corrected chi connectivity index (χ3v) is 4.63. The lowest BCUT2D eigenvalue weighted by molar-refractivity contribution is 0.0740. The fourth-order valence-corrected chi connectivity index (χ4v) is 3.27. The maximum absolute atomic E-state index is 13.0. The summed E-state index contributed by atoms with van der Waals surface area (Å²) in [7, 11) is 0. The molecule has 4 rings (SSSR count). The Hall–Kier alpha value is -3.42. The number of benzene rings is 1. The monoisotopic (exact) mass is 378 g/mol. The van der Waals surface area contributed by atoms with E-state index < -0.39 is 0 Å². The van der Waals surface area contributed by atoms with Gasteiger partial charge < -0.3 is 19.6 Å². The highest BCUT2D eigenvalue weighted by Crippen LogP contribution is 2.19. The molecule has 8 heteroatoms. The Balaban J connectivity index is 1.45. The van der Waals surface area contributed by atoms with Gasteiger partial charge in [-0.05, 0) is 26.0 Å². The SMILES string of the molecule is Cc1nc(Nc2cc(C)on2)cc(C(=O)N2CCN(c3ccccc3)CC2)n1. The Bertz CT molecular complexity index is 964. The molecular weight excluding hydrogens is 356 g/mol. The van der Waals surface area contributed by atoms with Gasteiger partial charge >= 0.3 is 0 Å². The number of nitrogens with one attached hydrogen (secondary N) is 1. The molecule has 0 atom stereocenters. The molecule has 1 aromatic carbocycles. The van der Waals surface area contributed by atoms with E-state index in [1.807, 2.05) is 30.0 Å². The largest absolute Gasteiger partial charge is 0.368 e. The Labute approximate surface area is 163 Å². The summed E-state index contributed by atoms with van der Waals surface area (Å²) in [5.41, 5.74) is 1.56. The molecule has 8 nitrogen and oxygen atoms in total. The number of aromatic nitrogens is 3. The van der Waals surface area contributed by atoms with E-state index in [2.05, 4.69) is 37.5 Å².